The number of aliphatic hydroxyl groups is 1. The smallest absolute Gasteiger partial charge is 0.303 e. The van der Waals surface area contributed by atoms with Crippen LogP contribution in [0.4, 0.5) is 0 Å². The summed E-state index contributed by atoms with van der Waals surface area (Å²) in [5.41, 5.74) is 3.88. The quantitative estimate of drug-likeness (QED) is 0.422. The molecule has 0 aliphatic heterocycles. The van der Waals surface area contributed by atoms with E-state index in [4.69, 9.17) is 9.84 Å². The van der Waals surface area contributed by atoms with Crippen LogP contribution in [-0.2, 0) is 24.1 Å². The molecule has 0 aromatic heterocycles. The zero-order valence-corrected chi connectivity index (χ0v) is 21.2. The number of benzene rings is 2. The number of carbonyl (C=O) groups is 1. The lowest BCUT2D eigenvalue weighted by Gasteiger charge is -2.32. The predicted octanol–water partition coefficient (Wildman–Crippen LogP) is 4.51. The number of carboxylic acids is 1. The first-order valence-corrected chi connectivity index (χ1v) is 11.7. The van der Waals surface area contributed by atoms with Gasteiger partial charge in [0, 0.05) is 12.8 Å². The molecule has 1 aliphatic carbocycles. The topological polar surface area (TPSA) is 66.8 Å². The van der Waals surface area contributed by atoms with Crippen molar-refractivity contribution in [1.29, 1.82) is 0 Å². The largest absolute Gasteiger partial charge is 0.489 e. The van der Waals surface area contributed by atoms with E-state index in [0.29, 0.717) is 24.6 Å². The molecular formula is C25H34BrClNO4+. The van der Waals surface area contributed by atoms with E-state index in [1.54, 1.807) is 0 Å². The SMILES string of the molecule is C[N+](C)(CCC1Cc2ccccc2C1)C[C@@H](O)COc1cc(CCC(=O)O)ccc1Br.Cl. The molecule has 0 fully saturated rings. The molecule has 1 aliphatic rings. The molecule has 1 atom stereocenters. The van der Waals surface area contributed by atoms with Crippen LogP contribution in [0.25, 0.3) is 0 Å². The van der Waals surface area contributed by atoms with Gasteiger partial charge in [-0.15, -0.1) is 12.4 Å². The number of likely N-dealkylation sites (N-methyl/N-ethyl adjacent to an activating group) is 1. The summed E-state index contributed by atoms with van der Waals surface area (Å²) in [6, 6.07) is 14.3. The van der Waals surface area contributed by atoms with Crippen molar-refractivity contribution in [2.24, 2.45) is 5.92 Å². The maximum absolute atomic E-state index is 10.8. The summed E-state index contributed by atoms with van der Waals surface area (Å²) in [5, 5.41) is 19.4. The van der Waals surface area contributed by atoms with Crippen LogP contribution in [0, 0.1) is 5.92 Å². The van der Waals surface area contributed by atoms with E-state index in [9.17, 15) is 9.90 Å². The minimum absolute atomic E-state index is 0. The van der Waals surface area contributed by atoms with Gasteiger partial charge in [-0.05, 0) is 69.9 Å². The second-order valence-corrected chi connectivity index (χ2v) is 10.2. The Morgan fingerprint density at radius 2 is 1.84 bits per heavy atom. The number of fused-ring (bicyclic) bond motifs is 1. The van der Waals surface area contributed by atoms with Crippen LogP contribution in [0.15, 0.2) is 46.9 Å². The summed E-state index contributed by atoms with van der Waals surface area (Å²) < 4.78 is 7.40. The molecule has 2 aromatic carbocycles. The minimum atomic E-state index is -0.817. The Bertz CT molecular complexity index is 880. The van der Waals surface area contributed by atoms with Gasteiger partial charge < -0.3 is 19.4 Å². The molecule has 176 valence electrons. The monoisotopic (exact) mass is 526 g/mol. The molecule has 0 spiro atoms. The number of hydrogen-bond acceptors (Lipinski definition) is 3. The number of hydrogen-bond donors (Lipinski definition) is 2. The fourth-order valence-corrected chi connectivity index (χ4v) is 4.71. The molecule has 5 nitrogen and oxygen atoms in total. The summed E-state index contributed by atoms with van der Waals surface area (Å²) in [7, 11) is 4.32. The summed E-state index contributed by atoms with van der Waals surface area (Å²) >= 11 is 3.47. The van der Waals surface area contributed by atoms with Gasteiger partial charge in [-0.3, -0.25) is 4.79 Å². The molecular weight excluding hydrogens is 494 g/mol. The molecule has 0 unspecified atom stereocenters. The summed E-state index contributed by atoms with van der Waals surface area (Å²) in [6.45, 7) is 1.84. The maximum Gasteiger partial charge on any atom is 0.303 e. The first kappa shape index (κ1) is 26.7. The highest BCUT2D eigenvalue weighted by Crippen LogP contribution is 2.29. The highest BCUT2D eigenvalue weighted by Gasteiger charge is 2.26. The van der Waals surface area contributed by atoms with Crippen LogP contribution < -0.4 is 4.74 Å². The number of ether oxygens (including phenoxy) is 1. The summed E-state index contributed by atoms with van der Waals surface area (Å²) in [6.07, 6.45) is 3.43. The molecule has 2 N–H and O–H groups in total. The van der Waals surface area contributed by atoms with Crippen molar-refractivity contribution in [1.82, 2.24) is 0 Å². The Morgan fingerprint density at radius 1 is 1.19 bits per heavy atom. The van der Waals surface area contributed by atoms with Crippen molar-refractivity contribution in [2.75, 3.05) is 33.8 Å². The zero-order chi connectivity index (χ0) is 22.4. The van der Waals surface area contributed by atoms with Gasteiger partial charge in [0.25, 0.3) is 0 Å². The van der Waals surface area contributed by atoms with E-state index >= 15 is 0 Å². The van der Waals surface area contributed by atoms with Crippen LogP contribution in [0.2, 0.25) is 0 Å². The lowest BCUT2D eigenvalue weighted by Crippen LogP contribution is -2.48. The van der Waals surface area contributed by atoms with Crippen molar-refractivity contribution in [3.8, 4) is 5.75 Å². The summed E-state index contributed by atoms with van der Waals surface area (Å²) in [5.74, 6) is 0.506. The third-order valence-corrected chi connectivity index (χ3v) is 6.69. The Labute approximate surface area is 205 Å². The van der Waals surface area contributed by atoms with Gasteiger partial charge in [-0.1, -0.05) is 30.3 Å². The molecule has 0 saturated carbocycles. The van der Waals surface area contributed by atoms with Gasteiger partial charge >= 0.3 is 5.97 Å². The minimum Gasteiger partial charge on any atom is -0.489 e. The lowest BCUT2D eigenvalue weighted by atomic mass is 10.0. The van der Waals surface area contributed by atoms with Crippen LogP contribution >= 0.6 is 28.3 Å². The van der Waals surface area contributed by atoms with E-state index < -0.39 is 12.1 Å². The highest BCUT2D eigenvalue weighted by molar-refractivity contribution is 9.10. The van der Waals surface area contributed by atoms with E-state index in [1.165, 1.54) is 11.1 Å². The van der Waals surface area contributed by atoms with E-state index in [1.807, 2.05) is 18.2 Å². The lowest BCUT2D eigenvalue weighted by molar-refractivity contribution is -0.894. The van der Waals surface area contributed by atoms with Gasteiger partial charge in [-0.25, -0.2) is 0 Å². The number of halogens is 2. The Balaban J connectivity index is 0.00000363. The number of nitrogens with zero attached hydrogens (tertiary/aromatic N) is 1. The molecule has 3 rings (SSSR count). The van der Waals surface area contributed by atoms with Crippen molar-refractivity contribution in [2.45, 2.75) is 38.2 Å². The number of aliphatic hydroxyl groups excluding tert-OH is 1. The van der Waals surface area contributed by atoms with E-state index in [0.717, 1.165) is 40.3 Å². The molecule has 2 aromatic rings. The number of carboxylic acid groups (broad SMARTS) is 1. The Morgan fingerprint density at radius 3 is 2.47 bits per heavy atom. The molecule has 7 heteroatoms. The van der Waals surface area contributed by atoms with E-state index in [-0.39, 0.29) is 25.4 Å². The van der Waals surface area contributed by atoms with Crippen molar-refractivity contribution in [3.05, 3.63) is 63.6 Å². The van der Waals surface area contributed by atoms with E-state index in [2.05, 4.69) is 54.3 Å². The number of quaternary nitrogens is 1. The van der Waals surface area contributed by atoms with Crippen molar-refractivity contribution < 1.29 is 24.2 Å². The van der Waals surface area contributed by atoms with Gasteiger partial charge in [0.1, 0.15) is 25.0 Å². The van der Waals surface area contributed by atoms with Gasteiger partial charge in [0.15, 0.2) is 0 Å². The van der Waals surface area contributed by atoms with Gasteiger partial charge in [0.2, 0.25) is 0 Å². The molecule has 0 heterocycles. The Kier molecular flexibility index (Phi) is 10.0. The van der Waals surface area contributed by atoms with Crippen LogP contribution in [0.3, 0.4) is 0 Å². The zero-order valence-electron chi connectivity index (χ0n) is 18.8. The highest BCUT2D eigenvalue weighted by atomic mass is 79.9. The standard InChI is InChI=1S/C25H32BrNO4.ClH/c1-27(2,12-11-19-13-20-5-3-4-6-21(20)14-19)16-22(28)17-31-24-15-18(7-9-23(24)26)8-10-25(29)30;/h3-7,9,15,19,22,28H,8,10-14,16-17H2,1-2H3;1H/p+1/t22-;/m1./s1. The number of aliphatic carboxylic acids is 1. The van der Waals surface area contributed by atoms with Gasteiger partial charge in [-0.2, -0.15) is 0 Å². The Hall–Kier alpha value is -1.60. The normalized spacial score (nSPS) is 14.5. The molecule has 0 bridgehead atoms. The number of rotatable bonds is 11. The molecule has 0 amide bonds. The first-order valence-electron chi connectivity index (χ1n) is 10.9. The predicted molar refractivity (Wildman–Crippen MR) is 133 cm³/mol. The molecule has 32 heavy (non-hydrogen) atoms. The second-order valence-electron chi connectivity index (χ2n) is 9.30. The average molecular weight is 528 g/mol. The maximum atomic E-state index is 10.8. The molecule has 0 saturated heterocycles. The van der Waals surface area contributed by atoms with Crippen LogP contribution in [0.1, 0.15) is 29.5 Å². The fraction of sp³-hybridized carbons (Fsp3) is 0.480. The third kappa shape index (κ3) is 8.07. The van der Waals surface area contributed by atoms with Crippen LogP contribution in [0.5, 0.6) is 5.75 Å². The van der Waals surface area contributed by atoms with Crippen molar-refractivity contribution in [3.63, 3.8) is 0 Å². The number of aryl methyl sites for hydroxylation is 1. The van der Waals surface area contributed by atoms with Crippen LogP contribution in [-0.4, -0.2) is 60.6 Å². The van der Waals surface area contributed by atoms with Gasteiger partial charge in [0.05, 0.1) is 25.1 Å². The summed E-state index contributed by atoms with van der Waals surface area (Å²) in [4.78, 5) is 10.8. The second kappa shape index (κ2) is 12.0. The fourth-order valence-electron chi connectivity index (χ4n) is 4.35. The average Bonchev–Trinajstić information content (AvgIpc) is 3.13. The molecule has 0 radical (unpaired) electrons. The van der Waals surface area contributed by atoms with Crippen molar-refractivity contribution >= 4 is 34.3 Å². The first-order chi connectivity index (χ1) is 14.7. The third-order valence-electron chi connectivity index (χ3n) is 6.04.